The molecule has 0 spiro atoms. The van der Waals surface area contributed by atoms with Gasteiger partial charge in [-0.25, -0.2) is 20.0 Å². The van der Waals surface area contributed by atoms with Crippen LogP contribution in [0.25, 0.3) is 20.4 Å². The van der Waals surface area contributed by atoms with Crippen LogP contribution in [-0.4, -0.2) is 68.6 Å². The number of thiazole rings is 2. The molecular weight excluding hydrogens is 705 g/mol. The van der Waals surface area contributed by atoms with Gasteiger partial charge in [0.05, 0.1) is 33.6 Å². The van der Waals surface area contributed by atoms with Crippen molar-refractivity contribution < 1.29 is 18.9 Å². The third kappa shape index (κ3) is 9.24. The van der Waals surface area contributed by atoms with Gasteiger partial charge in [-0.2, -0.15) is 0 Å². The van der Waals surface area contributed by atoms with Crippen LogP contribution in [0.5, 0.6) is 23.0 Å². The van der Waals surface area contributed by atoms with E-state index in [9.17, 15) is 0 Å². The zero-order valence-electron chi connectivity index (χ0n) is 31.2. The number of fused-ring (bicyclic) bond motifs is 2. The summed E-state index contributed by atoms with van der Waals surface area (Å²) in [6.45, 7) is 17.2. The highest BCUT2D eigenvalue weighted by molar-refractivity contribution is 7.22. The average Bonchev–Trinajstić information content (AvgIpc) is 3.78. The van der Waals surface area contributed by atoms with Crippen LogP contribution in [0.15, 0.2) is 82.8 Å². The minimum atomic E-state index is -0.0201. The van der Waals surface area contributed by atoms with Crippen LogP contribution in [0.1, 0.15) is 52.7 Å². The summed E-state index contributed by atoms with van der Waals surface area (Å²) in [6.07, 6.45) is 3.61. The summed E-state index contributed by atoms with van der Waals surface area (Å²) in [5.41, 5.74) is 5.49. The molecule has 0 aliphatic heterocycles. The molecule has 0 unspecified atom stereocenters. The Balaban J connectivity index is 1.25. The van der Waals surface area contributed by atoms with Gasteiger partial charge in [0.15, 0.2) is 0 Å². The van der Waals surface area contributed by atoms with Crippen LogP contribution in [0.4, 0.5) is 21.6 Å². The van der Waals surface area contributed by atoms with Crippen LogP contribution in [0.3, 0.4) is 0 Å². The van der Waals surface area contributed by atoms with Gasteiger partial charge in [-0.15, -0.1) is 0 Å². The van der Waals surface area contributed by atoms with Crippen LogP contribution < -0.4 is 28.7 Å². The van der Waals surface area contributed by atoms with Crippen molar-refractivity contribution in [2.45, 2.75) is 41.5 Å². The minimum absolute atomic E-state index is 0.0201. The summed E-state index contributed by atoms with van der Waals surface area (Å²) in [4.78, 5) is 23.5. The number of aliphatic imine (C=N–C) groups is 2. The number of benzene rings is 4. The Morgan fingerprint density at radius 3 is 1.38 bits per heavy atom. The number of anilines is 2. The highest BCUT2D eigenvalue weighted by Crippen LogP contribution is 2.34. The Bertz CT molecular complexity index is 2040. The van der Waals surface area contributed by atoms with Crippen molar-refractivity contribution in [2.75, 3.05) is 56.0 Å². The van der Waals surface area contributed by atoms with Gasteiger partial charge >= 0.3 is 0 Å². The summed E-state index contributed by atoms with van der Waals surface area (Å²) in [5.74, 6) is 2.92. The van der Waals surface area contributed by atoms with Crippen molar-refractivity contribution in [3.63, 3.8) is 0 Å². The van der Waals surface area contributed by atoms with Gasteiger partial charge in [-0.1, -0.05) is 22.7 Å². The first-order valence-corrected chi connectivity index (χ1v) is 19.8. The molecule has 4 aromatic carbocycles. The molecule has 2 heterocycles. The molecule has 0 saturated heterocycles. The van der Waals surface area contributed by atoms with Gasteiger partial charge in [0.25, 0.3) is 0 Å². The van der Waals surface area contributed by atoms with Gasteiger partial charge in [-0.3, -0.25) is 0 Å². The molecule has 0 amide bonds. The van der Waals surface area contributed by atoms with E-state index in [0.29, 0.717) is 35.0 Å². The third-order valence-corrected chi connectivity index (χ3v) is 10.5. The molecule has 0 aliphatic carbocycles. The van der Waals surface area contributed by atoms with Gasteiger partial charge in [0, 0.05) is 85.4 Å². The maximum atomic E-state index is 6.40. The van der Waals surface area contributed by atoms with E-state index in [1.807, 2.05) is 74.5 Å². The lowest BCUT2D eigenvalue weighted by atomic mass is 10.1. The third-order valence-electron chi connectivity index (χ3n) is 8.63. The highest BCUT2D eigenvalue weighted by Gasteiger charge is 2.13. The van der Waals surface area contributed by atoms with Gasteiger partial charge in [0.2, 0.25) is 17.1 Å². The monoisotopic (exact) mass is 750 g/mol. The van der Waals surface area contributed by atoms with Crippen molar-refractivity contribution in [1.29, 1.82) is 0 Å². The first-order chi connectivity index (χ1) is 25.9. The minimum Gasteiger partial charge on any atom is -0.494 e. The molecule has 0 aliphatic rings. The largest absolute Gasteiger partial charge is 0.494 e. The standard InChI is InChI=1S/C41H46N6O4S2/c1-7-46(8-2)30-15-13-28(25-42-40-44-34-23-32(48-11-5)17-19-38(34)52-40)36(21-30)50-27-51-37-22-31(47(9-3)10-4)16-14-29(37)26-43-41-45-35-24-33(49-12-6)18-20-39(35)53-41/h13-26H,7-12,27H2,1-6H3/b42-25+,43-26+. The molecule has 0 N–H and O–H groups in total. The summed E-state index contributed by atoms with van der Waals surface area (Å²) in [6, 6.07) is 24.2. The molecule has 6 rings (SSSR count). The van der Waals surface area contributed by atoms with Crippen LogP contribution in [0.2, 0.25) is 0 Å². The van der Waals surface area contributed by atoms with Crippen LogP contribution >= 0.6 is 22.7 Å². The second kappa shape index (κ2) is 18.0. The Kier molecular flexibility index (Phi) is 12.8. The molecule has 12 heteroatoms. The number of ether oxygens (including phenoxy) is 4. The van der Waals surface area contributed by atoms with Crippen LogP contribution in [0, 0.1) is 0 Å². The molecule has 0 radical (unpaired) electrons. The normalized spacial score (nSPS) is 11.6. The molecule has 10 nitrogen and oxygen atoms in total. The summed E-state index contributed by atoms with van der Waals surface area (Å²) in [5, 5.41) is 1.31. The van der Waals surface area contributed by atoms with Crippen molar-refractivity contribution >= 4 is 77.2 Å². The molecule has 53 heavy (non-hydrogen) atoms. The second-order valence-corrected chi connectivity index (χ2v) is 13.8. The molecule has 6 aromatic rings. The molecule has 0 bridgehead atoms. The number of rotatable bonds is 18. The highest BCUT2D eigenvalue weighted by atomic mass is 32.1. The van der Waals surface area contributed by atoms with Crippen molar-refractivity contribution in [3.8, 4) is 23.0 Å². The molecule has 276 valence electrons. The molecule has 2 aromatic heterocycles. The van der Waals surface area contributed by atoms with Gasteiger partial charge in [-0.05, 0) is 90.1 Å². The summed E-state index contributed by atoms with van der Waals surface area (Å²) < 4.78 is 26.2. The van der Waals surface area contributed by atoms with Crippen LogP contribution in [-0.2, 0) is 0 Å². The van der Waals surface area contributed by atoms with Crippen molar-refractivity contribution in [2.24, 2.45) is 9.98 Å². The Labute approximate surface area is 319 Å². The van der Waals surface area contributed by atoms with Gasteiger partial charge in [0.1, 0.15) is 23.0 Å². The molecule has 0 atom stereocenters. The number of nitrogens with zero attached hydrogens (tertiary/aromatic N) is 6. The quantitative estimate of drug-likeness (QED) is 0.0633. The maximum absolute atomic E-state index is 6.40. The molecule has 0 saturated carbocycles. The topological polar surface area (TPSA) is 93.9 Å². The van der Waals surface area contributed by atoms with E-state index in [4.69, 9.17) is 38.9 Å². The van der Waals surface area contributed by atoms with E-state index < -0.39 is 0 Å². The molecule has 0 fully saturated rings. The van der Waals surface area contributed by atoms with E-state index in [-0.39, 0.29) is 6.79 Å². The zero-order valence-corrected chi connectivity index (χ0v) is 32.8. The Morgan fingerprint density at radius 1 is 0.547 bits per heavy atom. The number of hydrogen-bond donors (Lipinski definition) is 0. The predicted octanol–water partition coefficient (Wildman–Crippen LogP) is 10.3. The summed E-state index contributed by atoms with van der Waals surface area (Å²) in [7, 11) is 0. The lowest BCUT2D eigenvalue weighted by molar-refractivity contribution is 0.119. The SMILES string of the molecule is CCOc1ccc2sc(/N=C/c3ccc(N(CC)CC)cc3OCOc3cc(N(CC)CC)ccc3/C=N/c3nc4cc(OCC)ccc4s3)nc2c1. The smallest absolute Gasteiger partial charge is 0.230 e. The summed E-state index contributed by atoms with van der Waals surface area (Å²) >= 11 is 3.06. The van der Waals surface area contributed by atoms with Gasteiger partial charge < -0.3 is 28.7 Å². The van der Waals surface area contributed by atoms with Crippen molar-refractivity contribution in [3.05, 3.63) is 83.9 Å². The lowest BCUT2D eigenvalue weighted by Gasteiger charge is -2.23. The van der Waals surface area contributed by atoms with E-state index in [1.54, 1.807) is 12.4 Å². The van der Waals surface area contributed by atoms with Crippen molar-refractivity contribution in [1.82, 2.24) is 9.97 Å². The first-order valence-electron chi connectivity index (χ1n) is 18.1. The van der Waals surface area contributed by atoms with E-state index in [1.165, 1.54) is 22.7 Å². The molecular formula is C41H46N6O4S2. The lowest BCUT2D eigenvalue weighted by Crippen LogP contribution is -2.22. The van der Waals surface area contributed by atoms with E-state index >= 15 is 0 Å². The fraction of sp³-hybridized carbons (Fsp3) is 0.317. The fourth-order valence-corrected chi connectivity index (χ4v) is 7.48. The van der Waals surface area contributed by atoms with E-state index in [2.05, 4.69) is 49.6 Å². The van der Waals surface area contributed by atoms with E-state index in [0.717, 1.165) is 80.6 Å². The number of hydrogen-bond acceptors (Lipinski definition) is 12. The second-order valence-electron chi connectivity index (χ2n) is 11.8. The Morgan fingerprint density at radius 2 is 0.981 bits per heavy atom. The average molecular weight is 751 g/mol. The first kappa shape index (κ1) is 37.6. The Hall–Kier alpha value is -5.20. The zero-order chi connectivity index (χ0) is 37.2. The fourth-order valence-electron chi connectivity index (χ4n) is 5.90. The maximum Gasteiger partial charge on any atom is 0.230 e. The number of aromatic nitrogens is 2. The predicted molar refractivity (Wildman–Crippen MR) is 222 cm³/mol.